The third kappa shape index (κ3) is 5.05. The van der Waals surface area contributed by atoms with Gasteiger partial charge in [0.1, 0.15) is 0 Å². The molecule has 7 heteroatoms. The van der Waals surface area contributed by atoms with Crippen molar-refractivity contribution in [2.45, 2.75) is 111 Å². The summed E-state index contributed by atoms with van der Waals surface area (Å²) in [6.45, 7) is 21.1. The van der Waals surface area contributed by atoms with Crippen molar-refractivity contribution in [2.24, 2.45) is 51.2 Å². The molecule has 1 aromatic carbocycles. The van der Waals surface area contributed by atoms with Gasteiger partial charge in [0.2, 0.25) is 5.91 Å². The first-order chi connectivity index (χ1) is 23.1. The van der Waals surface area contributed by atoms with Crippen molar-refractivity contribution in [3.8, 4) is 0 Å². The van der Waals surface area contributed by atoms with Crippen molar-refractivity contribution in [1.82, 2.24) is 15.5 Å². The molecule has 49 heavy (non-hydrogen) atoms. The second kappa shape index (κ2) is 11.7. The maximum Gasteiger partial charge on any atom is 0.335 e. The van der Waals surface area contributed by atoms with Gasteiger partial charge in [0.25, 0.3) is 0 Å². The molecule has 4 saturated carbocycles. The van der Waals surface area contributed by atoms with E-state index >= 15 is 0 Å². The summed E-state index contributed by atoms with van der Waals surface area (Å²) in [5.74, 6) is 1.62. The summed E-state index contributed by atoms with van der Waals surface area (Å²) in [6.07, 6.45) is 13.0. The van der Waals surface area contributed by atoms with Crippen molar-refractivity contribution >= 4 is 23.5 Å². The maximum atomic E-state index is 13.9. The monoisotopic (exact) mass is 669 g/mol. The summed E-state index contributed by atoms with van der Waals surface area (Å²) in [5.41, 5.74) is 4.42. The third-order valence-electron chi connectivity index (χ3n) is 16.0. The number of carbonyl (C=O) groups is 3. The lowest BCUT2D eigenvalue weighted by molar-refractivity contribution is -0.218. The van der Waals surface area contributed by atoms with E-state index in [1.54, 1.807) is 12.1 Å². The highest BCUT2D eigenvalue weighted by atomic mass is 16.4. The molecule has 0 unspecified atom stereocenters. The van der Waals surface area contributed by atoms with E-state index in [-0.39, 0.29) is 39.1 Å². The molecule has 1 heterocycles. The molecule has 7 rings (SSSR count). The van der Waals surface area contributed by atoms with E-state index in [1.165, 1.54) is 36.8 Å². The van der Waals surface area contributed by atoms with Crippen LogP contribution in [-0.4, -0.2) is 53.1 Å². The van der Waals surface area contributed by atoms with E-state index in [4.69, 9.17) is 0 Å². The first kappa shape index (κ1) is 34.4. The molecule has 6 aliphatic rings. The summed E-state index contributed by atoms with van der Waals surface area (Å²) in [5, 5.41) is 16.1. The Morgan fingerprint density at radius 3 is 2.35 bits per heavy atom. The number of hydrogen-bond acceptors (Lipinski definition) is 3. The fourth-order valence-electron chi connectivity index (χ4n) is 13.5. The van der Waals surface area contributed by atoms with Crippen LogP contribution in [0.25, 0.3) is 5.57 Å². The molecule has 0 aromatic heterocycles. The SMILES string of the molecule is C=C(C)[C@@H]1CC[C@]2(NC(=O)N3CCNC(=O)CC3)CC[C@]3(C)[C@H](CC[C@@H]4[C@@]5(C)CC=C(c6ccc(C(=O)O)cc6)C(C)(C)[C@@H]5CC[C@]43C)[C@@H]12. The van der Waals surface area contributed by atoms with Gasteiger partial charge < -0.3 is 20.6 Å². The zero-order chi connectivity index (χ0) is 35.1. The van der Waals surface area contributed by atoms with E-state index in [2.05, 4.69) is 64.8 Å². The standard InChI is InChI=1S/C42H59N3O4/c1-26(2)29-14-20-42(44-37(49)45-24-17-34(46)43-23-25-45)22-21-40(6)31(35(29)42)12-13-33-39(5)18-15-30(27-8-10-28(11-9-27)36(47)48)38(3,4)32(39)16-19-41(33,40)7/h8-11,15,29,31-33,35H,1,12-14,16-25H2,2-7H3,(H,43,46)(H,44,49)(H,47,48)/t29-,31+,32-,33+,35+,39-,40+,41+,42-/m0/s1. The molecular formula is C42H59N3O4. The molecule has 1 saturated heterocycles. The Labute approximate surface area is 293 Å². The minimum atomic E-state index is -0.881. The number of rotatable bonds is 4. The molecule has 0 radical (unpaired) electrons. The molecule has 0 bridgehead atoms. The van der Waals surface area contributed by atoms with Crippen molar-refractivity contribution < 1.29 is 19.5 Å². The lowest BCUT2D eigenvalue weighted by Gasteiger charge is -2.72. The highest BCUT2D eigenvalue weighted by Crippen LogP contribution is 2.76. The number of carbonyl (C=O) groups excluding carboxylic acids is 2. The Balaban J connectivity index is 1.19. The van der Waals surface area contributed by atoms with E-state index in [0.29, 0.717) is 61.2 Å². The molecule has 266 valence electrons. The van der Waals surface area contributed by atoms with Gasteiger partial charge in [-0.1, -0.05) is 65.0 Å². The minimum absolute atomic E-state index is 0.00464. The van der Waals surface area contributed by atoms with Crippen LogP contribution in [-0.2, 0) is 4.79 Å². The predicted octanol–water partition coefficient (Wildman–Crippen LogP) is 8.32. The molecule has 3 amide bonds. The summed E-state index contributed by atoms with van der Waals surface area (Å²) >= 11 is 0. The topological polar surface area (TPSA) is 98.7 Å². The highest BCUT2D eigenvalue weighted by Gasteiger charge is 2.70. The number of carboxylic acid groups (broad SMARTS) is 1. The average Bonchev–Trinajstić information content (AvgIpc) is 3.28. The van der Waals surface area contributed by atoms with Crippen LogP contribution in [0, 0.1) is 51.2 Å². The number of nitrogens with zero attached hydrogens (tertiary/aromatic N) is 1. The number of benzene rings is 1. The Bertz CT molecular complexity index is 1580. The maximum absolute atomic E-state index is 13.9. The zero-order valence-corrected chi connectivity index (χ0v) is 30.8. The van der Waals surface area contributed by atoms with Gasteiger partial charge in [-0.3, -0.25) is 4.79 Å². The Kier molecular flexibility index (Phi) is 8.23. The Morgan fingerprint density at radius 1 is 0.918 bits per heavy atom. The summed E-state index contributed by atoms with van der Waals surface area (Å²) in [4.78, 5) is 39.4. The van der Waals surface area contributed by atoms with Gasteiger partial charge in [0.05, 0.1) is 5.56 Å². The molecule has 5 fully saturated rings. The molecule has 0 spiro atoms. The number of allylic oxidation sites excluding steroid dienone is 3. The number of nitrogens with one attached hydrogen (secondary N) is 2. The van der Waals surface area contributed by atoms with E-state index in [0.717, 1.165) is 37.7 Å². The fraction of sp³-hybridized carbons (Fsp3) is 0.690. The second-order valence-corrected chi connectivity index (χ2v) is 18.3. The summed E-state index contributed by atoms with van der Waals surface area (Å²) < 4.78 is 0. The van der Waals surface area contributed by atoms with E-state index < -0.39 is 5.97 Å². The van der Waals surface area contributed by atoms with Gasteiger partial charge in [0, 0.05) is 31.6 Å². The number of fused-ring (bicyclic) bond motifs is 7. The van der Waals surface area contributed by atoms with Crippen LogP contribution in [0.5, 0.6) is 0 Å². The fourth-order valence-corrected chi connectivity index (χ4v) is 13.5. The lowest BCUT2D eigenvalue weighted by Crippen LogP contribution is -2.68. The highest BCUT2D eigenvalue weighted by molar-refractivity contribution is 5.88. The smallest absolute Gasteiger partial charge is 0.335 e. The summed E-state index contributed by atoms with van der Waals surface area (Å²) in [7, 11) is 0. The molecule has 1 aromatic rings. The molecule has 7 nitrogen and oxygen atoms in total. The van der Waals surface area contributed by atoms with Crippen LogP contribution in [0.4, 0.5) is 4.79 Å². The number of amides is 3. The van der Waals surface area contributed by atoms with Gasteiger partial charge in [-0.05, 0) is 139 Å². The lowest BCUT2D eigenvalue weighted by atomic mass is 9.33. The van der Waals surface area contributed by atoms with Gasteiger partial charge in [0.15, 0.2) is 0 Å². The molecule has 3 N–H and O–H groups in total. The van der Waals surface area contributed by atoms with Crippen molar-refractivity contribution in [1.29, 1.82) is 0 Å². The van der Waals surface area contributed by atoms with Crippen molar-refractivity contribution in [2.75, 3.05) is 19.6 Å². The Hall–Kier alpha value is -3.09. The summed E-state index contributed by atoms with van der Waals surface area (Å²) in [6, 6.07) is 7.52. The number of hydrogen-bond donors (Lipinski definition) is 3. The molecular weight excluding hydrogens is 610 g/mol. The third-order valence-corrected chi connectivity index (χ3v) is 16.0. The van der Waals surface area contributed by atoms with Crippen LogP contribution < -0.4 is 10.6 Å². The normalized spacial score (nSPS) is 41.1. The first-order valence-corrected chi connectivity index (χ1v) is 19.1. The van der Waals surface area contributed by atoms with Crippen LogP contribution in [0.15, 0.2) is 42.5 Å². The second-order valence-electron chi connectivity index (χ2n) is 18.3. The largest absolute Gasteiger partial charge is 0.478 e. The number of carboxylic acids is 1. The molecule has 5 aliphatic carbocycles. The van der Waals surface area contributed by atoms with Gasteiger partial charge >= 0.3 is 12.0 Å². The van der Waals surface area contributed by atoms with Crippen molar-refractivity contribution in [3.05, 3.63) is 53.6 Å². The zero-order valence-electron chi connectivity index (χ0n) is 30.8. The quantitative estimate of drug-likeness (QED) is 0.281. The number of urea groups is 1. The van der Waals surface area contributed by atoms with Gasteiger partial charge in [-0.25, -0.2) is 9.59 Å². The average molecular weight is 670 g/mol. The van der Waals surface area contributed by atoms with Gasteiger partial charge in [-0.2, -0.15) is 0 Å². The minimum Gasteiger partial charge on any atom is -0.478 e. The number of aromatic carboxylic acids is 1. The Morgan fingerprint density at radius 2 is 1.65 bits per heavy atom. The predicted molar refractivity (Wildman–Crippen MR) is 194 cm³/mol. The molecule has 9 atom stereocenters. The van der Waals surface area contributed by atoms with Crippen LogP contribution in [0.1, 0.15) is 122 Å². The van der Waals surface area contributed by atoms with Gasteiger partial charge in [-0.15, -0.1) is 0 Å². The van der Waals surface area contributed by atoms with E-state index in [9.17, 15) is 19.5 Å². The van der Waals surface area contributed by atoms with Crippen LogP contribution >= 0.6 is 0 Å². The molecule has 1 aliphatic heterocycles. The first-order valence-electron chi connectivity index (χ1n) is 19.1. The van der Waals surface area contributed by atoms with Crippen LogP contribution in [0.3, 0.4) is 0 Å². The van der Waals surface area contributed by atoms with Crippen LogP contribution in [0.2, 0.25) is 0 Å². The van der Waals surface area contributed by atoms with Crippen molar-refractivity contribution in [3.63, 3.8) is 0 Å². The van der Waals surface area contributed by atoms with E-state index in [1.807, 2.05) is 17.0 Å².